The summed E-state index contributed by atoms with van der Waals surface area (Å²) in [4.78, 5) is 0. The maximum absolute atomic E-state index is 10.9. The van der Waals surface area contributed by atoms with Gasteiger partial charge in [-0.1, -0.05) is 60.7 Å². The number of thiocarbonyl (C=S) groups is 1. The van der Waals surface area contributed by atoms with Gasteiger partial charge in [0.05, 0.1) is 20.1 Å². The molecule has 1 N–H and O–H groups in total. The molecular weight excluding hydrogens is 378 g/mol. The van der Waals surface area contributed by atoms with Gasteiger partial charge in [-0.25, -0.2) is 0 Å². The first-order valence-corrected chi connectivity index (χ1v) is 10.3. The quantitative estimate of drug-likeness (QED) is 0.337. The molecule has 0 radical (unpaired) electrons. The van der Waals surface area contributed by atoms with E-state index in [1.54, 1.807) is 6.07 Å². The molecule has 0 bridgehead atoms. The number of quaternary nitrogens is 1. The Bertz CT molecular complexity index is 1260. The number of benzene rings is 4. The highest BCUT2D eigenvalue weighted by molar-refractivity contribution is 7.79. The van der Waals surface area contributed by atoms with Crippen LogP contribution in [0.4, 0.5) is 0 Å². The molecule has 1 aliphatic heterocycles. The fraction of sp³-hybridized carbons (Fsp3) is 0.160. The van der Waals surface area contributed by atoms with Crippen molar-refractivity contribution in [2.45, 2.75) is 6.42 Å². The van der Waals surface area contributed by atoms with Gasteiger partial charge in [0, 0.05) is 29.8 Å². The SMILES string of the molecule is C[N+]1(C(=S)Oc2ccc3ccccc3c2-c2c(O)ccc3ccccc23)CCC1. The first kappa shape index (κ1) is 18.1. The standard InChI is InChI=1S/C25H21NO2S/c1-26(15-6-16-26)25(29)28-22-14-12-18-8-3-5-10-20(18)24(22)23-19-9-4-2-7-17(19)11-13-21(23)27/h2-5,7-14H,6,15-16H2,1H3/p+1. The number of hydrogen-bond donors (Lipinski definition) is 1. The van der Waals surface area contributed by atoms with Gasteiger partial charge in [-0.3, -0.25) is 4.48 Å². The molecule has 4 aromatic carbocycles. The molecule has 1 heterocycles. The molecule has 0 atom stereocenters. The van der Waals surface area contributed by atoms with E-state index < -0.39 is 0 Å². The first-order valence-electron chi connectivity index (χ1n) is 9.87. The third-order valence-corrected chi connectivity index (χ3v) is 6.51. The van der Waals surface area contributed by atoms with Crippen LogP contribution in [0, 0.1) is 0 Å². The number of fused-ring (bicyclic) bond motifs is 2. The normalized spacial score (nSPS) is 15.2. The highest BCUT2D eigenvalue weighted by Gasteiger charge is 2.38. The van der Waals surface area contributed by atoms with Crippen molar-refractivity contribution >= 4 is 38.9 Å². The first-order chi connectivity index (χ1) is 14.1. The summed E-state index contributed by atoms with van der Waals surface area (Å²) in [6, 6.07) is 24.0. The van der Waals surface area contributed by atoms with Gasteiger partial charge in [0.2, 0.25) is 0 Å². The molecule has 0 aliphatic carbocycles. The highest BCUT2D eigenvalue weighted by Crippen LogP contribution is 2.45. The van der Waals surface area contributed by atoms with Crippen molar-refractivity contribution in [3.05, 3.63) is 72.8 Å². The summed E-state index contributed by atoms with van der Waals surface area (Å²) < 4.78 is 6.97. The fourth-order valence-electron chi connectivity index (χ4n) is 4.14. The number of phenols is 1. The molecule has 1 aliphatic rings. The molecule has 0 amide bonds. The maximum Gasteiger partial charge on any atom is 0.368 e. The Labute approximate surface area is 175 Å². The summed E-state index contributed by atoms with van der Waals surface area (Å²) in [6.07, 6.45) is 1.16. The Kier molecular flexibility index (Phi) is 4.26. The van der Waals surface area contributed by atoms with Crippen LogP contribution < -0.4 is 4.74 Å². The van der Waals surface area contributed by atoms with Gasteiger partial charge in [0.15, 0.2) is 0 Å². The summed E-state index contributed by atoms with van der Waals surface area (Å²) in [5, 5.41) is 15.7. The van der Waals surface area contributed by atoms with Crippen molar-refractivity contribution in [3.8, 4) is 22.6 Å². The molecule has 144 valence electrons. The van der Waals surface area contributed by atoms with Crippen LogP contribution in [0.5, 0.6) is 11.5 Å². The Hall–Kier alpha value is -2.95. The molecule has 0 aromatic heterocycles. The predicted octanol–water partition coefficient (Wildman–Crippen LogP) is 5.88. The minimum atomic E-state index is 0.236. The van der Waals surface area contributed by atoms with Crippen molar-refractivity contribution in [2.24, 2.45) is 0 Å². The van der Waals surface area contributed by atoms with Crippen molar-refractivity contribution in [1.29, 1.82) is 0 Å². The van der Waals surface area contributed by atoms with Crippen LogP contribution in [0.15, 0.2) is 72.8 Å². The van der Waals surface area contributed by atoms with Gasteiger partial charge in [0.25, 0.3) is 0 Å². The van der Waals surface area contributed by atoms with E-state index in [0.29, 0.717) is 15.4 Å². The highest BCUT2D eigenvalue weighted by atomic mass is 32.1. The molecule has 1 saturated heterocycles. The van der Waals surface area contributed by atoms with Crippen LogP contribution in [-0.4, -0.2) is 34.9 Å². The number of aromatic hydroxyl groups is 1. The van der Waals surface area contributed by atoms with Gasteiger partial charge in [-0.15, -0.1) is 0 Å². The number of nitrogens with zero attached hydrogens (tertiary/aromatic N) is 1. The zero-order chi connectivity index (χ0) is 20.0. The smallest absolute Gasteiger partial charge is 0.368 e. The molecule has 0 saturated carbocycles. The second kappa shape index (κ2) is 6.83. The van der Waals surface area contributed by atoms with Gasteiger partial charge in [-0.2, -0.15) is 0 Å². The third-order valence-electron chi connectivity index (χ3n) is 5.99. The third kappa shape index (κ3) is 2.96. The van der Waals surface area contributed by atoms with E-state index in [2.05, 4.69) is 31.3 Å². The van der Waals surface area contributed by atoms with E-state index in [4.69, 9.17) is 17.0 Å². The zero-order valence-electron chi connectivity index (χ0n) is 16.3. The summed E-state index contributed by atoms with van der Waals surface area (Å²) in [5.41, 5.74) is 1.66. The second-order valence-corrected chi connectivity index (χ2v) is 8.25. The van der Waals surface area contributed by atoms with Crippen LogP contribution >= 0.6 is 12.2 Å². The number of phenolic OH excluding ortho intramolecular Hbond substituents is 1. The summed E-state index contributed by atoms with van der Waals surface area (Å²) in [6.45, 7) is 2.00. The second-order valence-electron chi connectivity index (χ2n) is 7.91. The average molecular weight is 401 g/mol. The Morgan fingerprint density at radius 1 is 0.828 bits per heavy atom. The van der Waals surface area contributed by atoms with Crippen LogP contribution in [0.25, 0.3) is 32.7 Å². The molecule has 0 unspecified atom stereocenters. The van der Waals surface area contributed by atoms with E-state index in [1.165, 1.54) is 0 Å². The summed E-state index contributed by atoms with van der Waals surface area (Å²) in [7, 11) is 2.11. The van der Waals surface area contributed by atoms with Gasteiger partial charge in [-0.05, 0) is 33.7 Å². The molecule has 0 spiro atoms. The van der Waals surface area contributed by atoms with Crippen LogP contribution in [-0.2, 0) is 0 Å². The van der Waals surface area contributed by atoms with Crippen molar-refractivity contribution in [1.82, 2.24) is 0 Å². The van der Waals surface area contributed by atoms with Gasteiger partial charge < -0.3 is 9.84 Å². The van der Waals surface area contributed by atoms with Gasteiger partial charge in [0.1, 0.15) is 11.5 Å². The lowest BCUT2D eigenvalue weighted by molar-refractivity contribution is -0.866. The minimum Gasteiger partial charge on any atom is -0.507 e. The number of hydrogen-bond acceptors (Lipinski definition) is 3. The van der Waals surface area contributed by atoms with Crippen molar-refractivity contribution in [2.75, 3.05) is 20.1 Å². The Morgan fingerprint density at radius 3 is 2.03 bits per heavy atom. The topological polar surface area (TPSA) is 29.5 Å². The van der Waals surface area contributed by atoms with E-state index in [0.717, 1.165) is 52.2 Å². The van der Waals surface area contributed by atoms with Crippen LogP contribution in [0.2, 0.25) is 0 Å². The molecular formula is C25H22NO2S+. The maximum atomic E-state index is 10.9. The molecule has 29 heavy (non-hydrogen) atoms. The van der Waals surface area contributed by atoms with Crippen LogP contribution in [0.3, 0.4) is 0 Å². The monoisotopic (exact) mass is 400 g/mol. The Balaban J connectivity index is 1.78. The summed E-state index contributed by atoms with van der Waals surface area (Å²) in [5.74, 6) is 0.923. The largest absolute Gasteiger partial charge is 0.507 e. The molecule has 5 rings (SSSR count). The van der Waals surface area contributed by atoms with Crippen molar-refractivity contribution < 1.29 is 14.3 Å². The average Bonchev–Trinajstić information content (AvgIpc) is 2.72. The lowest BCUT2D eigenvalue weighted by atomic mass is 9.92. The molecule has 3 nitrogen and oxygen atoms in total. The predicted molar refractivity (Wildman–Crippen MR) is 122 cm³/mol. The van der Waals surface area contributed by atoms with Gasteiger partial charge >= 0.3 is 5.17 Å². The Morgan fingerprint density at radius 2 is 1.41 bits per heavy atom. The van der Waals surface area contributed by atoms with E-state index in [1.807, 2.05) is 42.5 Å². The minimum absolute atomic E-state index is 0.236. The fourth-order valence-corrected chi connectivity index (χ4v) is 4.41. The number of likely N-dealkylation sites (tertiary alicyclic amines) is 1. The lowest BCUT2D eigenvalue weighted by Gasteiger charge is -2.39. The van der Waals surface area contributed by atoms with E-state index in [-0.39, 0.29) is 5.75 Å². The molecule has 1 fully saturated rings. The lowest BCUT2D eigenvalue weighted by Crippen LogP contribution is -2.59. The van der Waals surface area contributed by atoms with Crippen LogP contribution in [0.1, 0.15) is 6.42 Å². The molecule has 4 aromatic rings. The number of rotatable bonds is 2. The van der Waals surface area contributed by atoms with E-state index in [9.17, 15) is 5.11 Å². The van der Waals surface area contributed by atoms with E-state index >= 15 is 0 Å². The summed E-state index contributed by atoms with van der Waals surface area (Å²) >= 11 is 5.67. The number of ether oxygens (including phenoxy) is 1. The van der Waals surface area contributed by atoms with Crippen molar-refractivity contribution in [3.63, 3.8) is 0 Å². The zero-order valence-corrected chi connectivity index (χ0v) is 17.1. The molecule has 4 heteroatoms.